The molecule has 10 nitrogen and oxygen atoms in total. The molecule has 2 saturated heterocycles. The number of ketones is 1. The molecule has 220 valence electrons. The van der Waals surface area contributed by atoms with Gasteiger partial charge in [0, 0.05) is 30.8 Å². The number of hydrogen-bond acceptors (Lipinski definition) is 6. The number of halogens is 5. The van der Waals surface area contributed by atoms with Crippen LogP contribution in [-0.4, -0.2) is 103 Å². The fourth-order valence-electron chi connectivity index (χ4n) is 4.25. The van der Waals surface area contributed by atoms with E-state index in [0.717, 1.165) is 4.90 Å². The Hall–Kier alpha value is -3.62. The van der Waals surface area contributed by atoms with Gasteiger partial charge in [0.2, 0.25) is 17.6 Å². The summed E-state index contributed by atoms with van der Waals surface area (Å²) in [6.07, 6.45) is -6.03. The van der Waals surface area contributed by atoms with Crippen molar-refractivity contribution in [2.24, 2.45) is 5.92 Å². The van der Waals surface area contributed by atoms with E-state index in [4.69, 9.17) is 4.74 Å². The normalized spacial score (nSPS) is 19.0. The van der Waals surface area contributed by atoms with Gasteiger partial charge in [0.05, 0.1) is 25.8 Å². The summed E-state index contributed by atoms with van der Waals surface area (Å²) in [5.41, 5.74) is 0.546. The maximum Gasteiger partial charge on any atom is 0.461 e. The second kappa shape index (κ2) is 12.3. The van der Waals surface area contributed by atoms with Gasteiger partial charge < -0.3 is 25.2 Å². The zero-order chi connectivity index (χ0) is 29.8. The number of hydrogen-bond donors (Lipinski definition) is 2. The first-order valence-corrected chi connectivity index (χ1v) is 12.5. The van der Waals surface area contributed by atoms with Crippen LogP contribution in [0.4, 0.5) is 22.0 Å². The van der Waals surface area contributed by atoms with Crippen molar-refractivity contribution in [1.82, 2.24) is 20.4 Å². The summed E-state index contributed by atoms with van der Waals surface area (Å²) in [6.45, 7) is 3.43. The summed E-state index contributed by atoms with van der Waals surface area (Å²) >= 11 is 0. The van der Waals surface area contributed by atoms with Crippen molar-refractivity contribution >= 4 is 29.4 Å². The summed E-state index contributed by atoms with van der Waals surface area (Å²) in [5, 5.41) is 4.40. The molecular weight excluding hydrogens is 547 g/mol. The molecule has 2 atom stereocenters. The topological polar surface area (TPSA) is 125 Å². The quantitative estimate of drug-likeness (QED) is 0.429. The Kier molecular flexibility index (Phi) is 9.48. The second-order valence-electron chi connectivity index (χ2n) is 9.78. The molecule has 0 bridgehead atoms. The van der Waals surface area contributed by atoms with Gasteiger partial charge in [0.25, 0.3) is 11.8 Å². The lowest BCUT2D eigenvalue weighted by molar-refractivity contribution is -0.269. The summed E-state index contributed by atoms with van der Waals surface area (Å²) in [5.74, 6) is -11.9. The highest BCUT2D eigenvalue weighted by Crippen LogP contribution is 2.37. The lowest BCUT2D eigenvalue weighted by Gasteiger charge is -2.27. The van der Waals surface area contributed by atoms with E-state index in [0.29, 0.717) is 31.9 Å². The molecule has 1 unspecified atom stereocenters. The third-order valence-corrected chi connectivity index (χ3v) is 6.56. The van der Waals surface area contributed by atoms with Gasteiger partial charge in [-0.25, -0.2) is 0 Å². The van der Waals surface area contributed by atoms with E-state index >= 15 is 0 Å². The SMILES string of the molecule is CC(C)C(NC(=O)CN1CC[C@H](NC(=O)c2ccc(C(=O)N3CCOCC3)cc2)C1=O)C(=O)C(F)(F)C(F)(F)F. The zero-order valence-corrected chi connectivity index (χ0v) is 21.7. The van der Waals surface area contributed by atoms with E-state index in [2.05, 4.69) is 5.32 Å². The number of carbonyl (C=O) groups excluding carboxylic acids is 5. The van der Waals surface area contributed by atoms with Crippen molar-refractivity contribution in [3.8, 4) is 0 Å². The number of benzene rings is 1. The molecule has 15 heteroatoms. The molecule has 1 aromatic rings. The van der Waals surface area contributed by atoms with E-state index < -0.39 is 60.1 Å². The summed E-state index contributed by atoms with van der Waals surface area (Å²) < 4.78 is 70.2. The molecule has 4 amide bonds. The number of likely N-dealkylation sites (tertiary alicyclic amines) is 1. The van der Waals surface area contributed by atoms with Gasteiger partial charge >= 0.3 is 12.1 Å². The van der Waals surface area contributed by atoms with Crippen LogP contribution >= 0.6 is 0 Å². The smallest absolute Gasteiger partial charge is 0.378 e. The van der Waals surface area contributed by atoms with Crippen molar-refractivity contribution in [3.63, 3.8) is 0 Å². The van der Waals surface area contributed by atoms with E-state index in [1.165, 1.54) is 38.1 Å². The number of amides is 4. The highest BCUT2D eigenvalue weighted by atomic mass is 19.4. The average Bonchev–Trinajstić information content (AvgIpc) is 3.24. The molecule has 0 aromatic heterocycles. The number of Topliss-reactive ketones (excluding diaryl/α,β-unsaturated/α-hetero) is 1. The maximum absolute atomic E-state index is 13.6. The highest BCUT2D eigenvalue weighted by molar-refractivity contribution is 6.00. The standard InChI is InChI=1S/C25H29F5N4O6/c1-14(2)19(20(36)24(26,27)25(28,29)30)32-18(35)13-34-8-7-17(23(34)39)31-21(37)15-3-5-16(6-4-15)22(38)33-9-11-40-12-10-33/h3-6,14,17,19H,7-13H2,1-2H3,(H,31,37)(H,32,35)/t17-,19?/m0/s1. The number of morpholine rings is 1. The highest BCUT2D eigenvalue weighted by Gasteiger charge is 2.64. The van der Waals surface area contributed by atoms with Crippen molar-refractivity contribution in [2.75, 3.05) is 39.4 Å². The molecule has 3 rings (SSSR count). The lowest BCUT2D eigenvalue weighted by atomic mass is 9.95. The molecule has 2 aliphatic rings. The van der Waals surface area contributed by atoms with Gasteiger partial charge in [0.1, 0.15) is 6.04 Å². The van der Waals surface area contributed by atoms with E-state index in [1.807, 2.05) is 5.32 Å². The van der Waals surface area contributed by atoms with Gasteiger partial charge in [0.15, 0.2) is 0 Å². The predicted molar refractivity (Wildman–Crippen MR) is 128 cm³/mol. The Labute approximate surface area is 226 Å². The minimum Gasteiger partial charge on any atom is -0.378 e. The first-order chi connectivity index (χ1) is 18.6. The maximum atomic E-state index is 13.6. The Bertz CT molecular complexity index is 1140. The summed E-state index contributed by atoms with van der Waals surface area (Å²) in [6, 6.07) is 2.65. The Morgan fingerprint density at radius 2 is 1.55 bits per heavy atom. The minimum absolute atomic E-state index is 0.0107. The van der Waals surface area contributed by atoms with E-state index in [9.17, 15) is 45.9 Å². The molecule has 2 heterocycles. The van der Waals surface area contributed by atoms with Crippen molar-refractivity contribution < 1.29 is 50.7 Å². The van der Waals surface area contributed by atoms with Crippen molar-refractivity contribution in [2.45, 2.75) is 44.5 Å². The number of carbonyl (C=O) groups is 5. The molecular formula is C25H29F5N4O6. The lowest BCUT2D eigenvalue weighted by Crippen LogP contribution is -2.57. The van der Waals surface area contributed by atoms with Gasteiger partial charge in [-0.1, -0.05) is 13.8 Å². The number of alkyl halides is 5. The summed E-state index contributed by atoms with van der Waals surface area (Å²) in [7, 11) is 0. The fraction of sp³-hybridized carbons (Fsp3) is 0.560. The molecule has 2 fully saturated rings. The van der Waals surface area contributed by atoms with Gasteiger partial charge in [-0.3, -0.25) is 24.0 Å². The second-order valence-corrected chi connectivity index (χ2v) is 9.78. The minimum atomic E-state index is -6.13. The van der Waals surface area contributed by atoms with Crippen LogP contribution in [0, 0.1) is 5.92 Å². The molecule has 0 spiro atoms. The first kappa shape index (κ1) is 30.9. The van der Waals surface area contributed by atoms with Crippen molar-refractivity contribution in [1.29, 1.82) is 0 Å². The largest absolute Gasteiger partial charge is 0.461 e. The molecule has 2 aliphatic heterocycles. The van der Waals surface area contributed by atoms with Crippen LogP contribution in [0.25, 0.3) is 0 Å². The van der Waals surface area contributed by atoms with Crippen LogP contribution in [0.3, 0.4) is 0 Å². The van der Waals surface area contributed by atoms with Crippen LogP contribution in [-0.2, 0) is 19.1 Å². The van der Waals surface area contributed by atoms with Crippen LogP contribution in [0.15, 0.2) is 24.3 Å². The number of nitrogens with zero attached hydrogens (tertiary/aromatic N) is 2. The number of rotatable bonds is 9. The third-order valence-electron chi connectivity index (χ3n) is 6.56. The van der Waals surface area contributed by atoms with E-state index in [1.54, 1.807) is 4.90 Å². The zero-order valence-electron chi connectivity index (χ0n) is 21.7. The molecule has 0 radical (unpaired) electrons. The first-order valence-electron chi connectivity index (χ1n) is 12.5. The third kappa shape index (κ3) is 6.92. The van der Waals surface area contributed by atoms with E-state index in [-0.39, 0.29) is 24.4 Å². The van der Waals surface area contributed by atoms with Crippen LogP contribution in [0.1, 0.15) is 41.0 Å². The fourth-order valence-corrected chi connectivity index (χ4v) is 4.25. The Morgan fingerprint density at radius 1 is 0.975 bits per heavy atom. The van der Waals surface area contributed by atoms with Gasteiger partial charge in [-0.15, -0.1) is 0 Å². The monoisotopic (exact) mass is 576 g/mol. The molecule has 0 saturated carbocycles. The van der Waals surface area contributed by atoms with Crippen molar-refractivity contribution in [3.05, 3.63) is 35.4 Å². The Balaban J connectivity index is 1.55. The van der Waals surface area contributed by atoms with Crippen LogP contribution in [0.5, 0.6) is 0 Å². The number of nitrogens with one attached hydrogen (secondary N) is 2. The molecule has 2 N–H and O–H groups in total. The van der Waals surface area contributed by atoms with Gasteiger partial charge in [-0.05, 0) is 36.6 Å². The van der Waals surface area contributed by atoms with Crippen LogP contribution < -0.4 is 10.6 Å². The van der Waals surface area contributed by atoms with Crippen LogP contribution in [0.2, 0.25) is 0 Å². The summed E-state index contributed by atoms with van der Waals surface area (Å²) in [4.78, 5) is 64.8. The number of ether oxygens (including phenoxy) is 1. The molecule has 40 heavy (non-hydrogen) atoms. The predicted octanol–water partition coefficient (Wildman–Crippen LogP) is 1.40. The molecule has 1 aromatic carbocycles. The van der Waals surface area contributed by atoms with Gasteiger partial charge in [-0.2, -0.15) is 22.0 Å². The molecule has 0 aliphatic carbocycles. The average molecular weight is 577 g/mol. The Morgan fingerprint density at radius 3 is 2.10 bits per heavy atom.